The summed E-state index contributed by atoms with van der Waals surface area (Å²) in [4.78, 5) is 14.0. The molecule has 2 aliphatic rings. The molecule has 1 saturated heterocycles. The monoisotopic (exact) mass is 336 g/mol. The van der Waals surface area contributed by atoms with Crippen molar-refractivity contribution in [3.05, 3.63) is 12.3 Å². The molecule has 0 bridgehead atoms. The Morgan fingerprint density at radius 1 is 1.38 bits per heavy atom. The van der Waals surface area contributed by atoms with Crippen molar-refractivity contribution in [3.8, 4) is 0 Å². The number of rotatable bonds is 5. The molecule has 2 fully saturated rings. The van der Waals surface area contributed by atoms with Gasteiger partial charge in [0, 0.05) is 19.7 Å². The Balaban J connectivity index is 1.51. The van der Waals surface area contributed by atoms with Crippen LogP contribution in [0.15, 0.2) is 12.3 Å². The first-order valence-electron chi connectivity index (χ1n) is 8.95. The van der Waals surface area contributed by atoms with Gasteiger partial charge in [0.15, 0.2) is 0 Å². The van der Waals surface area contributed by atoms with Crippen LogP contribution in [-0.2, 0) is 16.0 Å². The third kappa shape index (κ3) is 4.70. The summed E-state index contributed by atoms with van der Waals surface area (Å²) in [5.41, 5.74) is 0. The number of aromatic nitrogens is 2. The number of hydrogen-bond donors (Lipinski definition) is 1. The first kappa shape index (κ1) is 17.2. The van der Waals surface area contributed by atoms with E-state index in [1.165, 1.54) is 32.1 Å². The number of amides is 2. The summed E-state index contributed by atoms with van der Waals surface area (Å²) in [5.74, 6) is 1.43. The van der Waals surface area contributed by atoms with Gasteiger partial charge in [0.25, 0.3) is 0 Å². The molecule has 1 aromatic heterocycles. The van der Waals surface area contributed by atoms with Gasteiger partial charge < -0.3 is 14.4 Å². The second kappa shape index (κ2) is 8.48. The van der Waals surface area contributed by atoms with Crippen LogP contribution in [0.1, 0.15) is 32.1 Å². The molecule has 0 spiro atoms. The molecule has 0 unspecified atom stereocenters. The average Bonchev–Trinajstić information content (AvgIpc) is 3.03. The van der Waals surface area contributed by atoms with Crippen LogP contribution in [0.4, 0.5) is 10.6 Å². The summed E-state index contributed by atoms with van der Waals surface area (Å²) >= 11 is 0. The van der Waals surface area contributed by atoms with Crippen LogP contribution in [0.3, 0.4) is 0 Å². The first-order chi connectivity index (χ1) is 11.7. The van der Waals surface area contributed by atoms with Gasteiger partial charge >= 0.3 is 6.03 Å². The zero-order chi connectivity index (χ0) is 16.8. The summed E-state index contributed by atoms with van der Waals surface area (Å²) in [6, 6.07) is 1.71. The van der Waals surface area contributed by atoms with Crippen molar-refractivity contribution < 1.29 is 14.3 Å². The van der Waals surface area contributed by atoms with Crippen molar-refractivity contribution in [2.75, 3.05) is 38.7 Å². The Morgan fingerprint density at radius 2 is 2.21 bits per heavy atom. The molecule has 3 rings (SSSR count). The van der Waals surface area contributed by atoms with Crippen LogP contribution >= 0.6 is 0 Å². The summed E-state index contributed by atoms with van der Waals surface area (Å²) < 4.78 is 12.9. The number of anilines is 1. The lowest BCUT2D eigenvalue weighted by molar-refractivity contribution is -0.0925. The highest BCUT2D eigenvalue weighted by atomic mass is 16.6. The molecule has 1 saturated carbocycles. The van der Waals surface area contributed by atoms with Crippen LogP contribution in [0, 0.1) is 5.92 Å². The van der Waals surface area contributed by atoms with Crippen molar-refractivity contribution in [2.24, 2.45) is 5.92 Å². The number of hydrogen-bond acceptors (Lipinski definition) is 4. The second-order valence-corrected chi connectivity index (χ2v) is 6.78. The fourth-order valence-corrected chi connectivity index (χ4v) is 3.43. The maximum absolute atomic E-state index is 12.4. The van der Waals surface area contributed by atoms with Crippen molar-refractivity contribution in [1.82, 2.24) is 14.7 Å². The van der Waals surface area contributed by atoms with Gasteiger partial charge in [-0.15, -0.1) is 0 Å². The van der Waals surface area contributed by atoms with E-state index in [2.05, 4.69) is 10.4 Å². The molecule has 1 atom stereocenters. The second-order valence-electron chi connectivity index (χ2n) is 6.78. The minimum atomic E-state index is -0.144. The molecule has 0 aromatic carbocycles. The van der Waals surface area contributed by atoms with Crippen molar-refractivity contribution in [3.63, 3.8) is 0 Å². The Labute approximate surface area is 143 Å². The predicted molar refractivity (Wildman–Crippen MR) is 91.0 cm³/mol. The topological polar surface area (TPSA) is 68.6 Å². The number of nitrogens with zero attached hydrogens (tertiary/aromatic N) is 3. The lowest BCUT2D eigenvalue weighted by atomic mass is 9.89. The fourth-order valence-electron chi connectivity index (χ4n) is 3.43. The highest BCUT2D eigenvalue weighted by Gasteiger charge is 2.21. The number of ether oxygens (including phenoxy) is 2. The molecule has 1 N–H and O–H groups in total. The number of carbonyl (C=O) groups excluding carboxylic acids is 1. The number of urea groups is 1. The molecule has 1 aliphatic heterocycles. The van der Waals surface area contributed by atoms with E-state index in [4.69, 9.17) is 9.47 Å². The third-order valence-electron chi connectivity index (χ3n) is 4.82. The number of nitrogens with one attached hydrogen (secondary N) is 1. The van der Waals surface area contributed by atoms with Crippen LogP contribution in [0.25, 0.3) is 0 Å². The molecule has 7 heteroatoms. The van der Waals surface area contributed by atoms with E-state index in [0.29, 0.717) is 32.3 Å². The van der Waals surface area contributed by atoms with Gasteiger partial charge in [-0.2, -0.15) is 5.10 Å². The molecule has 2 heterocycles. The smallest absolute Gasteiger partial charge is 0.322 e. The van der Waals surface area contributed by atoms with E-state index < -0.39 is 0 Å². The van der Waals surface area contributed by atoms with E-state index in [1.807, 2.05) is 10.7 Å². The van der Waals surface area contributed by atoms with Gasteiger partial charge in [0.05, 0.1) is 38.7 Å². The van der Waals surface area contributed by atoms with E-state index in [0.717, 1.165) is 12.4 Å². The van der Waals surface area contributed by atoms with E-state index in [1.54, 1.807) is 18.1 Å². The molecule has 24 heavy (non-hydrogen) atoms. The zero-order valence-electron chi connectivity index (χ0n) is 14.4. The van der Waals surface area contributed by atoms with E-state index >= 15 is 0 Å². The quantitative estimate of drug-likeness (QED) is 0.896. The maximum atomic E-state index is 12.4. The van der Waals surface area contributed by atoms with Crippen molar-refractivity contribution >= 4 is 11.8 Å². The normalized spacial score (nSPS) is 22.3. The van der Waals surface area contributed by atoms with Crippen LogP contribution in [-0.4, -0.2) is 60.2 Å². The standard InChI is InChI=1S/C17H28N4O3/c1-20(12-15-13-23-9-10-24-15)17(22)19-16-7-8-18-21(16)11-14-5-3-2-4-6-14/h7-8,14-15H,2-6,9-13H2,1H3,(H,19,22)/t15-/m0/s1. The fraction of sp³-hybridized carbons (Fsp3) is 0.765. The van der Waals surface area contributed by atoms with E-state index in [9.17, 15) is 4.79 Å². The molecule has 1 aliphatic carbocycles. The van der Waals surface area contributed by atoms with Gasteiger partial charge in [0.2, 0.25) is 0 Å². The minimum absolute atomic E-state index is 0.0540. The zero-order valence-corrected chi connectivity index (χ0v) is 14.4. The summed E-state index contributed by atoms with van der Waals surface area (Å²) in [7, 11) is 1.77. The van der Waals surface area contributed by atoms with Crippen molar-refractivity contribution in [1.29, 1.82) is 0 Å². The molecule has 134 valence electrons. The van der Waals surface area contributed by atoms with Crippen molar-refractivity contribution in [2.45, 2.75) is 44.8 Å². The van der Waals surface area contributed by atoms with Crippen LogP contribution in [0.2, 0.25) is 0 Å². The minimum Gasteiger partial charge on any atom is -0.376 e. The molecule has 1 aromatic rings. The van der Waals surface area contributed by atoms with Crippen LogP contribution < -0.4 is 5.32 Å². The summed E-state index contributed by atoms with van der Waals surface area (Å²) in [5, 5.41) is 7.34. The van der Waals surface area contributed by atoms with Gasteiger partial charge in [-0.25, -0.2) is 9.48 Å². The van der Waals surface area contributed by atoms with Gasteiger partial charge in [-0.3, -0.25) is 5.32 Å². The van der Waals surface area contributed by atoms with Gasteiger partial charge in [-0.05, 0) is 18.8 Å². The average molecular weight is 336 g/mol. The molecule has 7 nitrogen and oxygen atoms in total. The first-order valence-corrected chi connectivity index (χ1v) is 8.95. The maximum Gasteiger partial charge on any atom is 0.322 e. The highest BCUT2D eigenvalue weighted by Crippen LogP contribution is 2.25. The Bertz CT molecular complexity index is 522. The largest absolute Gasteiger partial charge is 0.376 e. The summed E-state index contributed by atoms with van der Waals surface area (Å²) in [6.07, 6.45) is 8.16. The SMILES string of the molecule is CN(C[C@H]1COCCO1)C(=O)Nc1ccnn1CC1CCCCC1. The summed E-state index contributed by atoms with van der Waals surface area (Å²) in [6.45, 7) is 3.16. The Morgan fingerprint density at radius 3 is 2.96 bits per heavy atom. The lowest BCUT2D eigenvalue weighted by Gasteiger charge is -2.27. The Kier molecular flexibility index (Phi) is 6.09. The highest BCUT2D eigenvalue weighted by molar-refractivity contribution is 5.88. The number of carbonyl (C=O) groups is 1. The van der Waals surface area contributed by atoms with Crippen LogP contribution in [0.5, 0.6) is 0 Å². The molecule has 0 radical (unpaired) electrons. The predicted octanol–water partition coefficient (Wildman–Crippen LogP) is 2.34. The van der Waals surface area contributed by atoms with Gasteiger partial charge in [0.1, 0.15) is 5.82 Å². The molecular formula is C17H28N4O3. The van der Waals surface area contributed by atoms with Gasteiger partial charge in [-0.1, -0.05) is 19.3 Å². The molecule has 2 amide bonds. The molecular weight excluding hydrogens is 308 g/mol. The number of likely N-dealkylation sites (N-methyl/N-ethyl adjacent to an activating group) is 1. The lowest BCUT2D eigenvalue weighted by Crippen LogP contribution is -2.42. The van der Waals surface area contributed by atoms with E-state index in [-0.39, 0.29) is 12.1 Å². The Hall–Kier alpha value is -1.60. The third-order valence-corrected chi connectivity index (χ3v) is 4.82.